The standard InChI is InChI=1S/C21H28N4O.2ClH/c1-16-6-7-17(22)15-20(16)21(26)24(2)19-9-13-25(14-10-19)12-8-18-5-3-4-11-23-18;;/h3-7,11,15,19H,8-10,12-14,22H2,1-2H3;2*1H. The largest absolute Gasteiger partial charge is 0.399 e. The van der Waals surface area contributed by atoms with Gasteiger partial charge in [-0.3, -0.25) is 9.78 Å². The summed E-state index contributed by atoms with van der Waals surface area (Å²) in [6.45, 7) is 5.02. The summed E-state index contributed by atoms with van der Waals surface area (Å²) in [7, 11) is 1.92. The van der Waals surface area contributed by atoms with Crippen LogP contribution in [0.2, 0.25) is 0 Å². The zero-order valence-corrected chi connectivity index (χ0v) is 18.1. The maximum absolute atomic E-state index is 12.9. The highest BCUT2D eigenvalue weighted by Gasteiger charge is 2.26. The average molecular weight is 425 g/mol. The van der Waals surface area contributed by atoms with Gasteiger partial charge in [0.15, 0.2) is 0 Å². The van der Waals surface area contributed by atoms with Gasteiger partial charge in [0.2, 0.25) is 0 Å². The molecule has 154 valence electrons. The Morgan fingerprint density at radius 2 is 1.93 bits per heavy atom. The Hall–Kier alpha value is -1.82. The van der Waals surface area contributed by atoms with Crippen LogP contribution in [0.15, 0.2) is 42.6 Å². The predicted octanol–water partition coefficient (Wildman–Crippen LogP) is 3.59. The van der Waals surface area contributed by atoms with E-state index in [-0.39, 0.29) is 36.8 Å². The fraction of sp³-hybridized carbons (Fsp3) is 0.429. The first-order valence-corrected chi connectivity index (χ1v) is 9.30. The van der Waals surface area contributed by atoms with Gasteiger partial charge >= 0.3 is 0 Å². The predicted molar refractivity (Wildman–Crippen MR) is 120 cm³/mol. The number of pyridine rings is 1. The number of nitrogens with zero attached hydrogens (tertiary/aromatic N) is 3. The van der Waals surface area contributed by atoms with Gasteiger partial charge in [-0.25, -0.2) is 0 Å². The molecule has 1 aromatic heterocycles. The number of hydrogen-bond acceptors (Lipinski definition) is 4. The number of carbonyl (C=O) groups is 1. The van der Waals surface area contributed by atoms with Crippen molar-refractivity contribution in [1.29, 1.82) is 0 Å². The van der Waals surface area contributed by atoms with Crippen LogP contribution in [0.1, 0.15) is 34.5 Å². The van der Waals surface area contributed by atoms with Crippen molar-refractivity contribution >= 4 is 36.4 Å². The highest BCUT2D eigenvalue weighted by molar-refractivity contribution is 5.96. The fourth-order valence-corrected chi connectivity index (χ4v) is 3.57. The number of hydrogen-bond donors (Lipinski definition) is 1. The van der Waals surface area contributed by atoms with Crippen molar-refractivity contribution in [2.75, 3.05) is 32.4 Å². The van der Waals surface area contributed by atoms with Crippen LogP contribution in [-0.4, -0.2) is 53.4 Å². The maximum Gasteiger partial charge on any atom is 0.254 e. The first-order chi connectivity index (χ1) is 12.5. The second-order valence-electron chi connectivity index (χ2n) is 7.13. The monoisotopic (exact) mass is 424 g/mol. The Morgan fingerprint density at radius 1 is 1.21 bits per heavy atom. The number of aryl methyl sites for hydroxylation is 1. The minimum Gasteiger partial charge on any atom is -0.399 e. The lowest BCUT2D eigenvalue weighted by atomic mass is 10.0. The molecule has 0 atom stereocenters. The van der Waals surface area contributed by atoms with E-state index in [0.717, 1.165) is 50.2 Å². The number of anilines is 1. The molecule has 1 amide bonds. The molecule has 0 unspecified atom stereocenters. The summed E-state index contributed by atoms with van der Waals surface area (Å²) in [6, 6.07) is 11.9. The van der Waals surface area contributed by atoms with Gasteiger partial charge in [0.25, 0.3) is 5.91 Å². The van der Waals surface area contributed by atoms with Crippen molar-refractivity contribution in [3.8, 4) is 0 Å². The normalized spacial score (nSPS) is 14.6. The van der Waals surface area contributed by atoms with Crippen molar-refractivity contribution in [2.24, 2.45) is 0 Å². The van der Waals surface area contributed by atoms with Crippen LogP contribution < -0.4 is 5.73 Å². The van der Waals surface area contributed by atoms with Crippen LogP contribution in [0.25, 0.3) is 0 Å². The number of aromatic nitrogens is 1. The Balaban J connectivity index is 0.00000196. The number of carbonyl (C=O) groups excluding carboxylic acids is 1. The number of nitrogens with two attached hydrogens (primary N) is 1. The molecular formula is C21H30Cl2N4O. The summed E-state index contributed by atoms with van der Waals surface area (Å²) in [5, 5.41) is 0. The first kappa shape index (κ1) is 24.2. The number of nitrogen functional groups attached to an aromatic ring is 1. The van der Waals surface area contributed by atoms with Crippen LogP contribution in [0.4, 0.5) is 5.69 Å². The van der Waals surface area contributed by atoms with E-state index in [1.165, 1.54) is 0 Å². The van der Waals surface area contributed by atoms with Gasteiger partial charge in [0.05, 0.1) is 0 Å². The number of piperidine rings is 1. The van der Waals surface area contributed by atoms with Crippen molar-refractivity contribution < 1.29 is 4.79 Å². The molecule has 0 spiro atoms. The average Bonchev–Trinajstić information content (AvgIpc) is 2.68. The van der Waals surface area contributed by atoms with Gasteiger partial charge in [-0.1, -0.05) is 12.1 Å². The fourth-order valence-electron chi connectivity index (χ4n) is 3.57. The molecule has 1 aliphatic rings. The van der Waals surface area contributed by atoms with Crippen LogP contribution in [-0.2, 0) is 6.42 Å². The highest BCUT2D eigenvalue weighted by Crippen LogP contribution is 2.20. The lowest BCUT2D eigenvalue weighted by Gasteiger charge is -2.37. The number of rotatable bonds is 5. The first-order valence-electron chi connectivity index (χ1n) is 9.30. The lowest BCUT2D eigenvalue weighted by Crippen LogP contribution is -2.46. The van der Waals surface area contributed by atoms with E-state index in [2.05, 4.69) is 16.0 Å². The topological polar surface area (TPSA) is 62.5 Å². The molecule has 0 aliphatic carbocycles. The Kier molecular flexibility index (Phi) is 9.73. The van der Waals surface area contributed by atoms with Crippen molar-refractivity contribution in [3.05, 3.63) is 59.4 Å². The molecule has 1 aliphatic heterocycles. The summed E-state index contributed by atoms with van der Waals surface area (Å²) < 4.78 is 0. The van der Waals surface area contributed by atoms with Crippen molar-refractivity contribution in [2.45, 2.75) is 32.2 Å². The third-order valence-corrected chi connectivity index (χ3v) is 5.33. The summed E-state index contributed by atoms with van der Waals surface area (Å²) in [5.41, 5.74) is 9.32. The van der Waals surface area contributed by atoms with Crippen molar-refractivity contribution in [1.82, 2.24) is 14.8 Å². The minimum absolute atomic E-state index is 0. The van der Waals surface area contributed by atoms with Crippen LogP contribution in [0.3, 0.4) is 0 Å². The smallest absolute Gasteiger partial charge is 0.254 e. The molecule has 7 heteroatoms. The van der Waals surface area contributed by atoms with Gasteiger partial charge in [-0.2, -0.15) is 0 Å². The summed E-state index contributed by atoms with van der Waals surface area (Å²) in [6.07, 6.45) is 4.83. The molecule has 0 radical (unpaired) electrons. The van der Waals surface area contributed by atoms with Gasteiger partial charge in [-0.15, -0.1) is 24.8 Å². The van der Waals surface area contributed by atoms with E-state index < -0.39 is 0 Å². The summed E-state index contributed by atoms with van der Waals surface area (Å²) in [4.78, 5) is 21.6. The molecule has 5 nitrogen and oxygen atoms in total. The zero-order valence-electron chi connectivity index (χ0n) is 16.5. The van der Waals surface area contributed by atoms with Gasteiger partial charge in [-0.05, 0) is 49.6 Å². The Morgan fingerprint density at radius 3 is 2.57 bits per heavy atom. The summed E-state index contributed by atoms with van der Waals surface area (Å²) in [5.74, 6) is 0.0711. The SMILES string of the molecule is Cc1ccc(N)cc1C(=O)N(C)C1CCN(CCc2ccccn2)CC1.Cl.Cl. The molecule has 0 bridgehead atoms. The minimum atomic E-state index is 0. The number of halogens is 2. The molecule has 28 heavy (non-hydrogen) atoms. The second-order valence-corrected chi connectivity index (χ2v) is 7.13. The molecule has 2 aromatic rings. The van der Waals surface area contributed by atoms with E-state index in [1.54, 1.807) is 6.07 Å². The van der Waals surface area contributed by atoms with Crippen LogP contribution in [0.5, 0.6) is 0 Å². The number of likely N-dealkylation sites (tertiary alicyclic amines) is 1. The quantitative estimate of drug-likeness (QED) is 0.744. The molecule has 2 N–H and O–H groups in total. The maximum atomic E-state index is 12.9. The van der Waals surface area contributed by atoms with E-state index in [1.807, 2.05) is 49.3 Å². The van der Waals surface area contributed by atoms with Crippen LogP contribution >= 0.6 is 24.8 Å². The van der Waals surface area contributed by atoms with E-state index >= 15 is 0 Å². The third kappa shape index (κ3) is 6.09. The van der Waals surface area contributed by atoms with E-state index in [9.17, 15) is 4.79 Å². The lowest BCUT2D eigenvalue weighted by molar-refractivity contribution is 0.0643. The molecule has 1 saturated heterocycles. The summed E-state index contributed by atoms with van der Waals surface area (Å²) >= 11 is 0. The van der Waals surface area contributed by atoms with Crippen LogP contribution in [0, 0.1) is 6.92 Å². The van der Waals surface area contributed by atoms with Gasteiger partial charge in [0.1, 0.15) is 0 Å². The zero-order chi connectivity index (χ0) is 18.5. The highest BCUT2D eigenvalue weighted by atomic mass is 35.5. The Bertz CT molecular complexity index is 749. The number of amides is 1. The van der Waals surface area contributed by atoms with E-state index in [0.29, 0.717) is 11.3 Å². The van der Waals surface area contributed by atoms with Gasteiger partial charge in [0, 0.05) is 62.3 Å². The number of benzene rings is 1. The molecule has 0 saturated carbocycles. The Labute approximate surface area is 180 Å². The second kappa shape index (κ2) is 11.2. The van der Waals surface area contributed by atoms with Gasteiger partial charge < -0.3 is 15.5 Å². The van der Waals surface area contributed by atoms with E-state index in [4.69, 9.17) is 5.73 Å². The molecule has 3 rings (SSSR count). The molecule has 1 fully saturated rings. The third-order valence-electron chi connectivity index (χ3n) is 5.33. The van der Waals surface area contributed by atoms with Crippen molar-refractivity contribution in [3.63, 3.8) is 0 Å². The molecule has 1 aromatic carbocycles. The molecule has 2 heterocycles. The molecular weight excluding hydrogens is 395 g/mol.